The van der Waals surface area contributed by atoms with E-state index in [9.17, 15) is 0 Å². The molecule has 0 aromatic heterocycles. The largest absolute Gasteiger partial charge is 0.362 e. The third kappa shape index (κ3) is 5.78. The van der Waals surface area contributed by atoms with Gasteiger partial charge in [0, 0.05) is 13.1 Å². The van der Waals surface area contributed by atoms with Gasteiger partial charge < -0.3 is 5.32 Å². The first-order chi connectivity index (χ1) is 4.81. The lowest BCUT2D eigenvalue weighted by Crippen LogP contribution is -2.44. The van der Waals surface area contributed by atoms with Crippen molar-refractivity contribution in [2.24, 2.45) is 0 Å². The molecule has 3 N–H and O–H groups in total. The zero-order valence-corrected chi connectivity index (χ0v) is 7.35. The summed E-state index contributed by atoms with van der Waals surface area (Å²) in [6, 6.07) is 0. The van der Waals surface area contributed by atoms with Crippen LogP contribution in [0.3, 0.4) is 0 Å². The van der Waals surface area contributed by atoms with Crippen LogP contribution in [0.25, 0.3) is 0 Å². The third-order valence-electron chi connectivity index (χ3n) is 0.914. The van der Waals surface area contributed by atoms with Crippen LogP contribution < -0.4 is 16.2 Å². The summed E-state index contributed by atoms with van der Waals surface area (Å²) < 4.78 is 0. The van der Waals surface area contributed by atoms with Gasteiger partial charge in [0.25, 0.3) is 0 Å². The zero-order valence-electron chi connectivity index (χ0n) is 6.53. The molecule has 60 valence electrons. The van der Waals surface area contributed by atoms with Gasteiger partial charge in [-0.05, 0) is 25.6 Å². The molecule has 0 heterocycles. The second-order valence-electron chi connectivity index (χ2n) is 1.91. The fraction of sp³-hybridized carbons (Fsp3) is 0.833. The molecule has 0 aliphatic carbocycles. The van der Waals surface area contributed by atoms with E-state index in [4.69, 9.17) is 12.2 Å². The second kappa shape index (κ2) is 6.77. The maximum absolute atomic E-state index is 4.88. The highest BCUT2D eigenvalue weighted by molar-refractivity contribution is 7.80. The van der Waals surface area contributed by atoms with Crippen molar-refractivity contribution in [3.63, 3.8) is 0 Å². The smallest absolute Gasteiger partial charge is 0.180 e. The van der Waals surface area contributed by atoms with E-state index in [2.05, 4.69) is 23.1 Å². The Morgan fingerprint density at radius 3 is 2.60 bits per heavy atom. The summed E-state index contributed by atoms with van der Waals surface area (Å²) in [5.41, 5.74) is 5.82. The van der Waals surface area contributed by atoms with Crippen molar-refractivity contribution in [1.82, 2.24) is 16.2 Å². The van der Waals surface area contributed by atoms with Crippen molar-refractivity contribution in [1.29, 1.82) is 0 Å². The van der Waals surface area contributed by atoms with Crippen LogP contribution in [0.2, 0.25) is 0 Å². The fourth-order valence-corrected chi connectivity index (χ4v) is 0.689. The van der Waals surface area contributed by atoms with Crippen molar-refractivity contribution in [3.05, 3.63) is 0 Å². The molecule has 0 atom stereocenters. The Hall–Kier alpha value is -0.350. The van der Waals surface area contributed by atoms with Gasteiger partial charge in [-0.25, -0.2) is 5.43 Å². The Morgan fingerprint density at radius 2 is 2.10 bits per heavy atom. The van der Waals surface area contributed by atoms with Crippen LogP contribution in [0.15, 0.2) is 0 Å². The maximum atomic E-state index is 4.88. The van der Waals surface area contributed by atoms with Crippen molar-refractivity contribution in [3.8, 4) is 0 Å². The molecule has 10 heavy (non-hydrogen) atoms. The average molecular weight is 161 g/mol. The number of hydrogen-bond donors (Lipinski definition) is 3. The normalized spacial score (nSPS) is 9.00. The SMILES string of the molecule is CCCNNC(=S)NCC. The molecule has 0 bridgehead atoms. The molecule has 0 amide bonds. The molecule has 0 aromatic carbocycles. The molecule has 0 saturated carbocycles. The lowest BCUT2D eigenvalue weighted by molar-refractivity contribution is 0.632. The minimum Gasteiger partial charge on any atom is -0.362 e. The van der Waals surface area contributed by atoms with Crippen LogP contribution >= 0.6 is 12.2 Å². The topological polar surface area (TPSA) is 36.1 Å². The molecule has 0 rings (SSSR count). The number of thiocarbonyl (C=S) groups is 1. The predicted molar refractivity (Wildman–Crippen MR) is 47.7 cm³/mol. The van der Waals surface area contributed by atoms with E-state index in [1.165, 1.54) is 0 Å². The highest BCUT2D eigenvalue weighted by atomic mass is 32.1. The molecular formula is C6H15N3S. The van der Waals surface area contributed by atoms with E-state index >= 15 is 0 Å². The van der Waals surface area contributed by atoms with Gasteiger partial charge in [0.05, 0.1) is 0 Å². The van der Waals surface area contributed by atoms with E-state index in [1.807, 2.05) is 6.92 Å². The molecule has 0 unspecified atom stereocenters. The first-order valence-corrected chi connectivity index (χ1v) is 3.98. The number of hydrogen-bond acceptors (Lipinski definition) is 2. The molecule has 0 aliphatic rings. The van der Waals surface area contributed by atoms with Crippen molar-refractivity contribution in [2.75, 3.05) is 13.1 Å². The van der Waals surface area contributed by atoms with Gasteiger partial charge in [0.15, 0.2) is 5.11 Å². The van der Waals surface area contributed by atoms with Gasteiger partial charge in [0.1, 0.15) is 0 Å². The molecule has 0 aromatic rings. The van der Waals surface area contributed by atoms with Crippen LogP contribution in [-0.4, -0.2) is 18.2 Å². The molecule has 0 radical (unpaired) electrons. The molecule has 0 spiro atoms. The minimum absolute atomic E-state index is 0.663. The molecule has 0 saturated heterocycles. The van der Waals surface area contributed by atoms with E-state index < -0.39 is 0 Å². The summed E-state index contributed by atoms with van der Waals surface area (Å²) in [5, 5.41) is 3.63. The van der Waals surface area contributed by atoms with E-state index in [-0.39, 0.29) is 0 Å². The maximum Gasteiger partial charge on any atom is 0.180 e. The Morgan fingerprint density at radius 1 is 1.40 bits per heavy atom. The van der Waals surface area contributed by atoms with Crippen LogP contribution in [-0.2, 0) is 0 Å². The van der Waals surface area contributed by atoms with E-state index in [1.54, 1.807) is 0 Å². The van der Waals surface area contributed by atoms with Crippen molar-refractivity contribution >= 4 is 17.3 Å². The minimum atomic E-state index is 0.663. The Kier molecular flexibility index (Phi) is 6.53. The van der Waals surface area contributed by atoms with Gasteiger partial charge in [-0.3, -0.25) is 5.43 Å². The van der Waals surface area contributed by atoms with Gasteiger partial charge in [-0.15, -0.1) is 0 Å². The summed E-state index contributed by atoms with van der Waals surface area (Å²) in [4.78, 5) is 0. The Bertz CT molecular complexity index is 95.0. The van der Waals surface area contributed by atoms with Gasteiger partial charge in [-0.2, -0.15) is 0 Å². The van der Waals surface area contributed by atoms with Gasteiger partial charge >= 0.3 is 0 Å². The van der Waals surface area contributed by atoms with Crippen molar-refractivity contribution in [2.45, 2.75) is 20.3 Å². The third-order valence-corrected chi connectivity index (χ3v) is 1.16. The van der Waals surface area contributed by atoms with E-state index in [0.29, 0.717) is 5.11 Å². The van der Waals surface area contributed by atoms with Gasteiger partial charge in [-0.1, -0.05) is 6.92 Å². The fourth-order valence-electron chi connectivity index (χ4n) is 0.473. The van der Waals surface area contributed by atoms with Crippen LogP contribution in [0, 0.1) is 0 Å². The van der Waals surface area contributed by atoms with Crippen LogP contribution in [0.5, 0.6) is 0 Å². The summed E-state index contributed by atoms with van der Waals surface area (Å²) in [6.07, 6.45) is 1.10. The zero-order chi connectivity index (χ0) is 7.82. The Labute approximate surface area is 67.5 Å². The monoisotopic (exact) mass is 161 g/mol. The van der Waals surface area contributed by atoms with Crippen molar-refractivity contribution < 1.29 is 0 Å². The first-order valence-electron chi connectivity index (χ1n) is 3.58. The average Bonchev–Trinajstić information content (AvgIpc) is 1.89. The highest BCUT2D eigenvalue weighted by Gasteiger charge is 1.87. The lowest BCUT2D eigenvalue weighted by atomic mass is 10.5. The number of hydrazine groups is 1. The molecular weight excluding hydrogens is 146 g/mol. The first kappa shape index (κ1) is 9.65. The summed E-state index contributed by atoms with van der Waals surface area (Å²) in [7, 11) is 0. The number of nitrogens with one attached hydrogen (secondary N) is 3. The Balaban J connectivity index is 3.05. The van der Waals surface area contributed by atoms with Gasteiger partial charge in [0.2, 0.25) is 0 Å². The molecule has 4 heteroatoms. The molecule has 3 nitrogen and oxygen atoms in total. The second-order valence-corrected chi connectivity index (χ2v) is 2.32. The lowest BCUT2D eigenvalue weighted by Gasteiger charge is -2.08. The highest BCUT2D eigenvalue weighted by Crippen LogP contribution is 1.66. The van der Waals surface area contributed by atoms with Crippen LogP contribution in [0.1, 0.15) is 20.3 Å². The summed E-state index contributed by atoms with van der Waals surface area (Å²) in [5.74, 6) is 0. The van der Waals surface area contributed by atoms with E-state index in [0.717, 1.165) is 19.5 Å². The quantitative estimate of drug-likeness (QED) is 0.316. The summed E-state index contributed by atoms with van der Waals surface area (Å²) in [6.45, 7) is 5.91. The standard InChI is InChI=1S/C6H15N3S/c1-3-5-8-9-6(10)7-4-2/h8H,3-5H2,1-2H3,(H2,7,9,10). The predicted octanol–water partition coefficient (Wildman–Crippen LogP) is 0.385. The van der Waals surface area contributed by atoms with Crippen LogP contribution in [0.4, 0.5) is 0 Å². The number of rotatable bonds is 4. The summed E-state index contributed by atoms with van der Waals surface area (Å²) >= 11 is 4.88. The molecule has 0 fully saturated rings. The molecule has 0 aliphatic heterocycles.